The molecule has 1 aliphatic heterocycles. The van der Waals surface area contributed by atoms with Crippen LogP contribution in [0.25, 0.3) is 11.4 Å². The monoisotopic (exact) mass is 363 g/mol. The first-order valence-corrected chi connectivity index (χ1v) is 9.11. The molecule has 1 amide bonds. The number of aromatic nitrogens is 2. The minimum absolute atomic E-state index is 0.00246. The van der Waals surface area contributed by atoms with Crippen molar-refractivity contribution < 1.29 is 14.1 Å². The first-order valence-electron chi connectivity index (χ1n) is 9.11. The second-order valence-electron chi connectivity index (χ2n) is 6.53. The number of para-hydroxylation sites is 1. The van der Waals surface area contributed by atoms with Gasteiger partial charge in [-0.3, -0.25) is 4.79 Å². The van der Waals surface area contributed by atoms with E-state index in [1.807, 2.05) is 59.5 Å². The zero-order valence-corrected chi connectivity index (χ0v) is 15.2. The minimum atomic E-state index is -0.206. The maximum atomic E-state index is 13.0. The molecule has 0 radical (unpaired) electrons. The predicted molar refractivity (Wildman–Crippen MR) is 100 cm³/mol. The summed E-state index contributed by atoms with van der Waals surface area (Å²) in [5.74, 6) is 1.63. The highest BCUT2D eigenvalue weighted by molar-refractivity contribution is 5.94. The van der Waals surface area contributed by atoms with Gasteiger partial charge in [0.15, 0.2) is 0 Å². The van der Waals surface area contributed by atoms with Gasteiger partial charge in [0.05, 0.1) is 12.7 Å². The zero-order chi connectivity index (χ0) is 18.6. The number of rotatable bonds is 4. The SMILES string of the molecule is COc1ccccc1-c1noc(C2CCCCN2C(=O)c2ccccc2)n1. The topological polar surface area (TPSA) is 68.5 Å². The summed E-state index contributed by atoms with van der Waals surface area (Å²) >= 11 is 0. The smallest absolute Gasteiger partial charge is 0.254 e. The van der Waals surface area contributed by atoms with Crippen molar-refractivity contribution in [1.82, 2.24) is 15.0 Å². The summed E-state index contributed by atoms with van der Waals surface area (Å²) in [4.78, 5) is 19.4. The van der Waals surface area contributed by atoms with Crippen molar-refractivity contribution in [2.75, 3.05) is 13.7 Å². The van der Waals surface area contributed by atoms with Gasteiger partial charge in [-0.1, -0.05) is 35.5 Å². The molecule has 1 aliphatic rings. The summed E-state index contributed by atoms with van der Waals surface area (Å²) in [5.41, 5.74) is 1.45. The average Bonchev–Trinajstić information content (AvgIpc) is 3.24. The molecule has 3 aromatic rings. The molecule has 1 aromatic heterocycles. The van der Waals surface area contributed by atoms with E-state index in [1.165, 1.54) is 0 Å². The van der Waals surface area contributed by atoms with Crippen LogP contribution in [0.5, 0.6) is 5.75 Å². The highest BCUT2D eigenvalue weighted by Crippen LogP contribution is 2.34. The molecule has 0 N–H and O–H groups in total. The Balaban J connectivity index is 1.63. The second kappa shape index (κ2) is 7.61. The third-order valence-electron chi connectivity index (χ3n) is 4.86. The van der Waals surface area contributed by atoms with E-state index in [4.69, 9.17) is 9.26 Å². The van der Waals surface area contributed by atoms with Gasteiger partial charge in [0.2, 0.25) is 11.7 Å². The number of amides is 1. The molecule has 27 heavy (non-hydrogen) atoms. The number of benzene rings is 2. The number of piperidine rings is 1. The van der Waals surface area contributed by atoms with Gasteiger partial charge in [0.1, 0.15) is 11.8 Å². The molecule has 2 aromatic carbocycles. The highest BCUT2D eigenvalue weighted by atomic mass is 16.5. The van der Waals surface area contributed by atoms with Crippen LogP contribution >= 0.6 is 0 Å². The molecule has 1 saturated heterocycles. The highest BCUT2D eigenvalue weighted by Gasteiger charge is 2.33. The normalized spacial score (nSPS) is 16.9. The maximum Gasteiger partial charge on any atom is 0.254 e. The first kappa shape index (κ1) is 17.3. The van der Waals surface area contributed by atoms with Crippen molar-refractivity contribution in [1.29, 1.82) is 0 Å². The molecule has 138 valence electrons. The van der Waals surface area contributed by atoms with Gasteiger partial charge in [-0.15, -0.1) is 0 Å². The van der Waals surface area contributed by atoms with E-state index in [2.05, 4.69) is 10.1 Å². The van der Waals surface area contributed by atoms with Crippen molar-refractivity contribution in [2.24, 2.45) is 0 Å². The summed E-state index contributed by atoms with van der Waals surface area (Å²) in [6, 6.07) is 16.7. The van der Waals surface area contributed by atoms with E-state index in [-0.39, 0.29) is 11.9 Å². The van der Waals surface area contributed by atoms with E-state index in [9.17, 15) is 4.79 Å². The number of hydrogen-bond acceptors (Lipinski definition) is 5. The van der Waals surface area contributed by atoms with Crippen molar-refractivity contribution in [2.45, 2.75) is 25.3 Å². The summed E-state index contributed by atoms with van der Waals surface area (Å²) in [6.45, 7) is 0.685. The Hall–Kier alpha value is -3.15. The van der Waals surface area contributed by atoms with Crippen molar-refractivity contribution >= 4 is 5.91 Å². The molecule has 0 aliphatic carbocycles. The molecule has 1 fully saturated rings. The molecule has 1 unspecified atom stereocenters. The van der Waals surface area contributed by atoms with Gasteiger partial charge < -0.3 is 14.2 Å². The molecule has 6 nitrogen and oxygen atoms in total. The van der Waals surface area contributed by atoms with Crippen LogP contribution in [0.4, 0.5) is 0 Å². The zero-order valence-electron chi connectivity index (χ0n) is 15.2. The number of hydrogen-bond donors (Lipinski definition) is 0. The van der Waals surface area contributed by atoms with Crippen molar-refractivity contribution in [3.8, 4) is 17.1 Å². The van der Waals surface area contributed by atoms with Crippen molar-refractivity contribution in [3.63, 3.8) is 0 Å². The Morgan fingerprint density at radius 1 is 1.11 bits per heavy atom. The quantitative estimate of drug-likeness (QED) is 0.698. The van der Waals surface area contributed by atoms with Gasteiger partial charge in [-0.05, 0) is 43.5 Å². The molecule has 2 heterocycles. The third-order valence-corrected chi connectivity index (χ3v) is 4.86. The Kier molecular flexibility index (Phi) is 4.87. The number of carbonyl (C=O) groups is 1. The lowest BCUT2D eigenvalue weighted by molar-refractivity contribution is 0.0561. The van der Waals surface area contributed by atoms with Crippen LogP contribution in [0.1, 0.15) is 41.6 Å². The molecule has 6 heteroatoms. The number of ether oxygens (including phenoxy) is 1. The van der Waals surface area contributed by atoms with Gasteiger partial charge >= 0.3 is 0 Å². The Morgan fingerprint density at radius 3 is 2.70 bits per heavy atom. The van der Waals surface area contributed by atoms with Crippen LogP contribution in [0.15, 0.2) is 59.1 Å². The maximum absolute atomic E-state index is 13.0. The predicted octanol–water partition coefficient (Wildman–Crippen LogP) is 4.11. The number of methoxy groups -OCH3 is 1. The molecule has 1 atom stereocenters. The van der Waals surface area contributed by atoms with Crippen LogP contribution < -0.4 is 4.74 Å². The lowest BCUT2D eigenvalue weighted by atomic mass is 10.0. The van der Waals surface area contributed by atoms with Crippen LogP contribution in [0.2, 0.25) is 0 Å². The summed E-state index contributed by atoms with van der Waals surface area (Å²) in [5, 5.41) is 4.13. The standard InChI is InChI=1S/C21H21N3O3/c1-26-18-13-6-5-11-16(18)19-22-20(27-23-19)17-12-7-8-14-24(17)21(25)15-9-3-2-4-10-15/h2-6,9-11,13,17H,7-8,12,14H2,1H3. The Labute approximate surface area is 157 Å². The fourth-order valence-electron chi connectivity index (χ4n) is 3.49. The molecule has 0 bridgehead atoms. The summed E-state index contributed by atoms with van der Waals surface area (Å²) < 4.78 is 10.9. The first-order chi connectivity index (χ1) is 13.3. The van der Waals surface area contributed by atoms with E-state index in [0.717, 1.165) is 24.8 Å². The summed E-state index contributed by atoms with van der Waals surface area (Å²) in [7, 11) is 1.61. The van der Waals surface area contributed by atoms with Gasteiger partial charge in [0.25, 0.3) is 5.91 Å². The molecular weight excluding hydrogens is 342 g/mol. The lowest BCUT2D eigenvalue weighted by Gasteiger charge is -2.33. The molecular formula is C21H21N3O3. The molecule has 0 saturated carbocycles. The number of carbonyl (C=O) groups excluding carboxylic acids is 1. The van der Waals surface area contributed by atoms with Crippen molar-refractivity contribution in [3.05, 3.63) is 66.1 Å². The number of likely N-dealkylation sites (tertiary alicyclic amines) is 1. The lowest BCUT2D eigenvalue weighted by Crippen LogP contribution is -2.38. The van der Waals surface area contributed by atoms with E-state index in [1.54, 1.807) is 7.11 Å². The summed E-state index contributed by atoms with van der Waals surface area (Å²) in [6.07, 6.45) is 2.81. The fourth-order valence-corrected chi connectivity index (χ4v) is 3.49. The van der Waals surface area contributed by atoms with Crippen LogP contribution in [0, 0.1) is 0 Å². The molecule has 4 rings (SSSR count). The minimum Gasteiger partial charge on any atom is -0.496 e. The largest absolute Gasteiger partial charge is 0.496 e. The molecule has 0 spiro atoms. The fraction of sp³-hybridized carbons (Fsp3) is 0.286. The number of nitrogens with zero attached hydrogens (tertiary/aromatic N) is 3. The average molecular weight is 363 g/mol. The Morgan fingerprint density at radius 2 is 1.89 bits per heavy atom. The van der Waals surface area contributed by atoms with Crippen LogP contribution in [-0.2, 0) is 0 Å². The Bertz CT molecular complexity index is 923. The van der Waals surface area contributed by atoms with Crippen LogP contribution in [-0.4, -0.2) is 34.6 Å². The van der Waals surface area contributed by atoms with Crippen LogP contribution in [0.3, 0.4) is 0 Å². The van der Waals surface area contributed by atoms with Gasteiger partial charge in [0, 0.05) is 12.1 Å². The van der Waals surface area contributed by atoms with E-state index in [0.29, 0.717) is 29.6 Å². The third kappa shape index (κ3) is 3.43. The van der Waals surface area contributed by atoms with E-state index < -0.39 is 0 Å². The van der Waals surface area contributed by atoms with E-state index >= 15 is 0 Å². The van der Waals surface area contributed by atoms with Gasteiger partial charge in [-0.25, -0.2) is 0 Å². The second-order valence-corrected chi connectivity index (χ2v) is 6.53. The van der Waals surface area contributed by atoms with Gasteiger partial charge in [-0.2, -0.15) is 4.98 Å².